The van der Waals surface area contributed by atoms with Crippen molar-refractivity contribution >= 4 is 10.9 Å². The van der Waals surface area contributed by atoms with E-state index in [4.69, 9.17) is 14.5 Å². The predicted molar refractivity (Wildman–Crippen MR) is 87.7 cm³/mol. The van der Waals surface area contributed by atoms with Crippen LogP contribution in [0.1, 0.15) is 11.1 Å². The molecule has 3 heteroatoms. The molecule has 0 N–H and O–H groups in total. The second kappa shape index (κ2) is 5.02. The van der Waals surface area contributed by atoms with Gasteiger partial charge in [0, 0.05) is 17.0 Å². The minimum absolute atomic E-state index is 0.714. The summed E-state index contributed by atoms with van der Waals surface area (Å²) in [5.41, 5.74) is 5.97. The van der Waals surface area contributed by atoms with E-state index in [1.807, 2.05) is 12.1 Å². The molecule has 1 aromatic heterocycles. The lowest BCUT2D eigenvalue weighted by Crippen LogP contribution is -2.06. The summed E-state index contributed by atoms with van der Waals surface area (Å²) in [5, 5.41) is 1.09. The van der Waals surface area contributed by atoms with Crippen molar-refractivity contribution in [1.29, 1.82) is 0 Å². The number of fused-ring (bicyclic) bond motifs is 4. The van der Waals surface area contributed by atoms with Gasteiger partial charge in [-0.2, -0.15) is 0 Å². The van der Waals surface area contributed by atoms with Gasteiger partial charge in [-0.05, 0) is 36.1 Å². The van der Waals surface area contributed by atoms with Gasteiger partial charge in [-0.3, -0.25) is 0 Å². The monoisotopic (exact) mass is 291 g/mol. The molecular formula is C19H17NO2. The fourth-order valence-electron chi connectivity index (χ4n) is 3.21. The molecule has 3 aromatic rings. The molecule has 0 atom stereocenters. The van der Waals surface area contributed by atoms with Crippen molar-refractivity contribution < 1.29 is 9.47 Å². The Labute approximate surface area is 129 Å². The molecule has 1 heterocycles. The molecule has 110 valence electrons. The zero-order chi connectivity index (χ0) is 15.1. The number of rotatable bonds is 2. The van der Waals surface area contributed by atoms with E-state index < -0.39 is 0 Å². The number of pyridine rings is 1. The van der Waals surface area contributed by atoms with Crippen molar-refractivity contribution in [2.45, 2.75) is 12.8 Å². The Balaban J connectivity index is 1.98. The van der Waals surface area contributed by atoms with Gasteiger partial charge >= 0.3 is 0 Å². The van der Waals surface area contributed by atoms with Crippen LogP contribution in [0.2, 0.25) is 0 Å². The number of benzene rings is 2. The summed E-state index contributed by atoms with van der Waals surface area (Å²) in [5.74, 6) is 1.46. The summed E-state index contributed by atoms with van der Waals surface area (Å²) in [6.45, 7) is 0. The quantitative estimate of drug-likeness (QED) is 0.714. The summed E-state index contributed by atoms with van der Waals surface area (Å²) in [4.78, 5) is 4.91. The van der Waals surface area contributed by atoms with Gasteiger partial charge in [-0.25, -0.2) is 4.98 Å². The first kappa shape index (κ1) is 13.1. The van der Waals surface area contributed by atoms with Crippen molar-refractivity contribution in [3.05, 3.63) is 53.6 Å². The predicted octanol–water partition coefficient (Wildman–Crippen LogP) is 4.02. The maximum Gasteiger partial charge on any atom is 0.162 e. The Bertz CT molecular complexity index is 871. The third-order valence-corrected chi connectivity index (χ3v) is 4.34. The van der Waals surface area contributed by atoms with Crippen LogP contribution < -0.4 is 9.47 Å². The first-order valence-corrected chi connectivity index (χ1v) is 7.44. The molecule has 0 amide bonds. The molecule has 0 aliphatic heterocycles. The molecule has 0 saturated carbocycles. The molecule has 4 rings (SSSR count). The Morgan fingerprint density at radius 1 is 0.864 bits per heavy atom. The summed E-state index contributed by atoms with van der Waals surface area (Å²) >= 11 is 0. The lowest BCUT2D eigenvalue weighted by molar-refractivity contribution is 0.356. The van der Waals surface area contributed by atoms with E-state index in [0.29, 0.717) is 5.75 Å². The van der Waals surface area contributed by atoms with Crippen LogP contribution in [0.3, 0.4) is 0 Å². The topological polar surface area (TPSA) is 31.4 Å². The number of ether oxygens (including phenoxy) is 2. The third-order valence-electron chi connectivity index (χ3n) is 4.34. The molecule has 0 bridgehead atoms. The smallest absolute Gasteiger partial charge is 0.162 e. The standard InChI is InChI=1S/C19H17NO2/c1-21-17-10-14-9-13-8-7-12-5-3-4-6-15(12)19(13)20-16(14)11-18(17)22-2/h3-6,9-11H,7-8H2,1-2H3. The fraction of sp³-hybridized carbons (Fsp3) is 0.211. The van der Waals surface area contributed by atoms with E-state index >= 15 is 0 Å². The summed E-state index contributed by atoms with van der Waals surface area (Å²) in [6, 6.07) is 14.7. The minimum Gasteiger partial charge on any atom is -0.493 e. The van der Waals surface area contributed by atoms with Crippen molar-refractivity contribution in [1.82, 2.24) is 4.98 Å². The highest BCUT2D eigenvalue weighted by Crippen LogP contribution is 2.37. The van der Waals surface area contributed by atoms with Gasteiger partial charge in [0.1, 0.15) is 0 Å². The average Bonchev–Trinajstić information content (AvgIpc) is 2.58. The van der Waals surface area contributed by atoms with Crippen molar-refractivity contribution in [2.24, 2.45) is 0 Å². The molecule has 1 aliphatic carbocycles. The molecule has 0 fully saturated rings. The lowest BCUT2D eigenvalue weighted by Gasteiger charge is -2.20. The summed E-state index contributed by atoms with van der Waals surface area (Å²) in [7, 11) is 3.31. The Morgan fingerprint density at radius 2 is 1.59 bits per heavy atom. The van der Waals surface area contributed by atoms with Gasteiger partial charge < -0.3 is 9.47 Å². The summed E-state index contributed by atoms with van der Waals surface area (Å²) < 4.78 is 10.8. The SMILES string of the molecule is COc1cc2cc3c(nc2cc1OC)-c1ccccc1CC3. The molecule has 0 radical (unpaired) electrons. The molecule has 0 saturated heterocycles. The highest BCUT2D eigenvalue weighted by molar-refractivity contribution is 5.87. The Kier molecular flexibility index (Phi) is 3.00. The third kappa shape index (κ3) is 1.93. The van der Waals surface area contributed by atoms with Gasteiger partial charge in [0.15, 0.2) is 11.5 Å². The number of hydrogen-bond donors (Lipinski definition) is 0. The minimum atomic E-state index is 0.714. The van der Waals surface area contributed by atoms with Crippen LogP contribution in [-0.2, 0) is 12.8 Å². The second-order valence-electron chi connectivity index (χ2n) is 5.55. The Morgan fingerprint density at radius 3 is 2.41 bits per heavy atom. The first-order chi connectivity index (χ1) is 10.8. The molecule has 1 aliphatic rings. The van der Waals surface area contributed by atoms with Crippen molar-refractivity contribution in [2.75, 3.05) is 14.2 Å². The van der Waals surface area contributed by atoms with E-state index in [1.54, 1.807) is 14.2 Å². The van der Waals surface area contributed by atoms with Gasteiger partial charge in [-0.1, -0.05) is 24.3 Å². The van der Waals surface area contributed by atoms with Crippen LogP contribution in [0.5, 0.6) is 11.5 Å². The van der Waals surface area contributed by atoms with Crippen molar-refractivity contribution in [3.63, 3.8) is 0 Å². The number of aromatic nitrogens is 1. The number of methoxy groups -OCH3 is 2. The van der Waals surface area contributed by atoms with Crippen LogP contribution in [-0.4, -0.2) is 19.2 Å². The van der Waals surface area contributed by atoms with Crippen LogP contribution >= 0.6 is 0 Å². The second-order valence-corrected chi connectivity index (χ2v) is 5.55. The summed E-state index contributed by atoms with van der Waals surface area (Å²) in [6.07, 6.45) is 2.10. The van der Waals surface area contributed by atoms with Crippen LogP contribution in [0.25, 0.3) is 22.2 Å². The number of aryl methyl sites for hydroxylation is 2. The van der Waals surface area contributed by atoms with E-state index in [2.05, 4.69) is 30.3 Å². The number of nitrogens with zero attached hydrogens (tertiary/aromatic N) is 1. The van der Waals surface area contributed by atoms with E-state index in [-0.39, 0.29) is 0 Å². The molecule has 22 heavy (non-hydrogen) atoms. The zero-order valence-electron chi connectivity index (χ0n) is 12.7. The maximum atomic E-state index is 5.39. The molecule has 3 nitrogen and oxygen atoms in total. The first-order valence-electron chi connectivity index (χ1n) is 7.44. The number of hydrogen-bond acceptors (Lipinski definition) is 3. The fourth-order valence-corrected chi connectivity index (χ4v) is 3.21. The molecule has 0 unspecified atom stereocenters. The van der Waals surface area contributed by atoms with Crippen LogP contribution in [0.15, 0.2) is 42.5 Å². The van der Waals surface area contributed by atoms with E-state index in [9.17, 15) is 0 Å². The largest absolute Gasteiger partial charge is 0.493 e. The van der Waals surface area contributed by atoms with Gasteiger partial charge in [0.2, 0.25) is 0 Å². The van der Waals surface area contributed by atoms with Gasteiger partial charge in [0.25, 0.3) is 0 Å². The van der Waals surface area contributed by atoms with Gasteiger partial charge in [0.05, 0.1) is 25.4 Å². The van der Waals surface area contributed by atoms with E-state index in [0.717, 1.165) is 35.2 Å². The van der Waals surface area contributed by atoms with E-state index in [1.165, 1.54) is 16.7 Å². The average molecular weight is 291 g/mol. The molecule has 0 spiro atoms. The lowest BCUT2D eigenvalue weighted by atomic mass is 9.88. The normalized spacial score (nSPS) is 12.6. The highest BCUT2D eigenvalue weighted by atomic mass is 16.5. The van der Waals surface area contributed by atoms with Gasteiger partial charge in [-0.15, -0.1) is 0 Å². The molecule has 2 aromatic carbocycles. The zero-order valence-corrected chi connectivity index (χ0v) is 12.7. The van der Waals surface area contributed by atoms with Crippen LogP contribution in [0.4, 0.5) is 0 Å². The van der Waals surface area contributed by atoms with Crippen molar-refractivity contribution in [3.8, 4) is 22.8 Å². The maximum absolute atomic E-state index is 5.39. The van der Waals surface area contributed by atoms with Crippen LogP contribution in [0, 0.1) is 0 Å². The highest BCUT2D eigenvalue weighted by Gasteiger charge is 2.18. The molecular weight excluding hydrogens is 274 g/mol. The Hall–Kier alpha value is -2.55.